The van der Waals surface area contributed by atoms with E-state index in [0.29, 0.717) is 17.0 Å². The number of rotatable bonds is 1. The molecule has 0 spiro atoms. The molecule has 0 amide bonds. The summed E-state index contributed by atoms with van der Waals surface area (Å²) in [7, 11) is 0. The van der Waals surface area contributed by atoms with Crippen molar-refractivity contribution in [1.82, 2.24) is 14.0 Å². The molecule has 0 N–H and O–H groups in total. The Morgan fingerprint density at radius 3 is 2.73 bits per heavy atom. The Labute approximate surface area is 133 Å². The van der Waals surface area contributed by atoms with E-state index >= 15 is 0 Å². The molecule has 3 saturated heterocycles. The smallest absolute Gasteiger partial charge is 0.301 e. The van der Waals surface area contributed by atoms with Gasteiger partial charge in [0.05, 0.1) is 11.7 Å². The summed E-state index contributed by atoms with van der Waals surface area (Å²) in [4.78, 5) is 15.5. The minimum absolute atomic E-state index is 0.106. The molecule has 0 radical (unpaired) electrons. The van der Waals surface area contributed by atoms with E-state index in [-0.39, 0.29) is 5.69 Å². The zero-order valence-corrected chi connectivity index (χ0v) is 13.1. The van der Waals surface area contributed by atoms with Crippen LogP contribution >= 0.6 is 11.6 Å². The standard InChI is InChI=1S/C17H18ClN3O/c18-13-2-1-12-7-14-9-20(17(22)21(14)15(12)8-13)16-10-19-5-3-11(16)4-6-19/h1-2,8-9,11,16H,3-7,10H2. The molecule has 4 nitrogen and oxygen atoms in total. The maximum Gasteiger partial charge on any atom is 0.333 e. The second kappa shape index (κ2) is 4.49. The lowest BCUT2D eigenvalue weighted by atomic mass is 9.84. The van der Waals surface area contributed by atoms with E-state index in [9.17, 15) is 4.79 Å². The molecule has 3 fully saturated rings. The number of piperidine rings is 3. The first kappa shape index (κ1) is 13.0. The lowest BCUT2D eigenvalue weighted by Crippen LogP contribution is -2.49. The van der Waals surface area contributed by atoms with Crippen molar-refractivity contribution in [3.05, 3.63) is 51.2 Å². The van der Waals surface area contributed by atoms with Gasteiger partial charge in [0.25, 0.3) is 0 Å². The number of fused-ring (bicyclic) bond motifs is 6. The van der Waals surface area contributed by atoms with Crippen molar-refractivity contribution in [1.29, 1.82) is 0 Å². The first-order chi connectivity index (χ1) is 10.7. The van der Waals surface area contributed by atoms with Gasteiger partial charge in [-0.3, -0.25) is 9.13 Å². The summed E-state index contributed by atoms with van der Waals surface area (Å²) in [6.07, 6.45) is 5.36. The lowest BCUT2D eigenvalue weighted by Gasteiger charge is -2.44. The van der Waals surface area contributed by atoms with Gasteiger partial charge in [0.2, 0.25) is 0 Å². The molecular formula is C17H18ClN3O. The van der Waals surface area contributed by atoms with Crippen molar-refractivity contribution in [2.45, 2.75) is 25.3 Å². The minimum atomic E-state index is 0.106. The highest BCUT2D eigenvalue weighted by Crippen LogP contribution is 2.36. The summed E-state index contributed by atoms with van der Waals surface area (Å²) < 4.78 is 3.86. The summed E-state index contributed by atoms with van der Waals surface area (Å²) in [5.41, 5.74) is 3.36. The van der Waals surface area contributed by atoms with E-state index in [1.807, 2.05) is 27.3 Å². The first-order valence-corrected chi connectivity index (χ1v) is 8.42. The highest BCUT2D eigenvalue weighted by Gasteiger charge is 2.37. The third-order valence-corrected chi connectivity index (χ3v) is 5.86. The summed E-state index contributed by atoms with van der Waals surface area (Å²) in [5, 5.41) is 0.689. The molecule has 22 heavy (non-hydrogen) atoms. The molecular weight excluding hydrogens is 298 g/mol. The zero-order chi connectivity index (χ0) is 14.8. The maximum atomic E-state index is 13.0. The summed E-state index contributed by atoms with van der Waals surface area (Å²) in [5.74, 6) is 0.657. The van der Waals surface area contributed by atoms with Crippen LogP contribution in [0.25, 0.3) is 5.69 Å². The van der Waals surface area contributed by atoms with Gasteiger partial charge in [0.15, 0.2) is 0 Å². The third kappa shape index (κ3) is 1.71. The predicted molar refractivity (Wildman–Crippen MR) is 86.0 cm³/mol. The van der Waals surface area contributed by atoms with Crippen LogP contribution in [0.4, 0.5) is 0 Å². The molecule has 0 saturated carbocycles. The van der Waals surface area contributed by atoms with Crippen LogP contribution in [0.1, 0.15) is 30.1 Å². The molecule has 6 rings (SSSR count). The van der Waals surface area contributed by atoms with Gasteiger partial charge in [0.1, 0.15) is 0 Å². The fraction of sp³-hybridized carbons (Fsp3) is 0.471. The van der Waals surface area contributed by atoms with E-state index in [1.165, 1.54) is 31.5 Å². The van der Waals surface area contributed by atoms with E-state index in [4.69, 9.17) is 11.6 Å². The normalized spacial score (nSPS) is 28.7. The molecule has 1 unspecified atom stereocenters. The second-order valence-corrected chi connectivity index (χ2v) is 7.24. The van der Waals surface area contributed by atoms with Gasteiger partial charge in [-0.25, -0.2) is 4.79 Å². The molecule has 2 aromatic rings. The van der Waals surface area contributed by atoms with Crippen LogP contribution in [-0.2, 0) is 6.42 Å². The fourth-order valence-corrected chi connectivity index (χ4v) is 4.64. The average Bonchev–Trinajstić information content (AvgIpc) is 3.05. The van der Waals surface area contributed by atoms with Crippen molar-refractivity contribution in [2.75, 3.05) is 19.6 Å². The predicted octanol–water partition coefficient (Wildman–Crippen LogP) is 2.46. The van der Waals surface area contributed by atoms with E-state index in [2.05, 4.69) is 11.1 Å². The summed E-state index contributed by atoms with van der Waals surface area (Å²) in [6.45, 7) is 3.42. The average molecular weight is 316 g/mol. The highest BCUT2D eigenvalue weighted by atomic mass is 35.5. The molecule has 5 heterocycles. The highest BCUT2D eigenvalue weighted by molar-refractivity contribution is 6.30. The van der Waals surface area contributed by atoms with Gasteiger partial charge in [0, 0.05) is 29.9 Å². The van der Waals surface area contributed by atoms with Crippen LogP contribution in [0.3, 0.4) is 0 Å². The van der Waals surface area contributed by atoms with Crippen LogP contribution in [0.15, 0.2) is 29.2 Å². The number of benzene rings is 1. The van der Waals surface area contributed by atoms with Crippen LogP contribution < -0.4 is 5.69 Å². The van der Waals surface area contributed by atoms with Crippen LogP contribution in [0.2, 0.25) is 5.02 Å². The van der Waals surface area contributed by atoms with Crippen LogP contribution in [0.5, 0.6) is 0 Å². The second-order valence-electron chi connectivity index (χ2n) is 6.80. The van der Waals surface area contributed by atoms with Crippen LogP contribution in [0, 0.1) is 5.92 Å². The van der Waals surface area contributed by atoms with E-state index < -0.39 is 0 Å². The van der Waals surface area contributed by atoms with Crippen molar-refractivity contribution in [3.63, 3.8) is 0 Å². The lowest BCUT2D eigenvalue weighted by molar-refractivity contribution is 0.0554. The molecule has 5 heteroatoms. The largest absolute Gasteiger partial charge is 0.333 e. The van der Waals surface area contributed by atoms with Crippen molar-refractivity contribution >= 4 is 11.6 Å². The summed E-state index contributed by atoms with van der Waals surface area (Å²) >= 11 is 6.12. The van der Waals surface area contributed by atoms with Crippen LogP contribution in [-0.4, -0.2) is 33.7 Å². The van der Waals surface area contributed by atoms with Crippen molar-refractivity contribution < 1.29 is 0 Å². The Hall–Kier alpha value is -1.52. The number of imidazole rings is 1. The SMILES string of the molecule is O=c1n(C2CN3CCC2CC3)cc2n1-c1cc(Cl)ccc1C2. The zero-order valence-electron chi connectivity index (χ0n) is 12.3. The molecule has 4 aliphatic rings. The Morgan fingerprint density at radius 1 is 1.18 bits per heavy atom. The fourth-order valence-electron chi connectivity index (χ4n) is 4.47. The van der Waals surface area contributed by atoms with Crippen molar-refractivity contribution in [3.8, 4) is 5.69 Å². The van der Waals surface area contributed by atoms with Gasteiger partial charge < -0.3 is 4.90 Å². The van der Waals surface area contributed by atoms with E-state index in [0.717, 1.165) is 24.3 Å². The number of hydrogen-bond donors (Lipinski definition) is 0. The molecule has 1 aromatic carbocycles. The van der Waals surface area contributed by atoms with Crippen molar-refractivity contribution in [2.24, 2.45) is 5.92 Å². The molecule has 0 aliphatic carbocycles. The van der Waals surface area contributed by atoms with Gasteiger partial charge in [-0.2, -0.15) is 0 Å². The number of hydrogen-bond acceptors (Lipinski definition) is 2. The number of nitrogens with zero attached hydrogens (tertiary/aromatic N) is 3. The minimum Gasteiger partial charge on any atom is -0.301 e. The molecule has 2 bridgehead atoms. The molecule has 4 aliphatic heterocycles. The quantitative estimate of drug-likeness (QED) is 0.690. The van der Waals surface area contributed by atoms with Gasteiger partial charge in [-0.05, 0) is 49.5 Å². The Balaban J connectivity index is 1.62. The van der Waals surface area contributed by atoms with Gasteiger partial charge in [-0.1, -0.05) is 17.7 Å². The molecule has 114 valence electrons. The maximum absolute atomic E-state index is 13.0. The summed E-state index contributed by atoms with van der Waals surface area (Å²) in [6, 6.07) is 6.19. The third-order valence-electron chi connectivity index (χ3n) is 5.63. The Bertz CT molecular complexity index is 814. The monoisotopic (exact) mass is 315 g/mol. The van der Waals surface area contributed by atoms with Gasteiger partial charge in [-0.15, -0.1) is 0 Å². The molecule has 1 atom stereocenters. The Morgan fingerprint density at radius 2 is 2.00 bits per heavy atom. The van der Waals surface area contributed by atoms with E-state index in [1.54, 1.807) is 0 Å². The first-order valence-electron chi connectivity index (χ1n) is 8.04. The van der Waals surface area contributed by atoms with Gasteiger partial charge >= 0.3 is 5.69 Å². The number of halogens is 1. The molecule has 1 aromatic heterocycles. The number of aromatic nitrogens is 2. The topological polar surface area (TPSA) is 30.2 Å². The Kier molecular flexibility index (Phi) is 2.65.